The van der Waals surface area contributed by atoms with Gasteiger partial charge in [0.05, 0.1) is 39.1 Å². The number of unbranched alkanes of at least 4 members (excludes halogenated alkanes) is 1. The van der Waals surface area contributed by atoms with Gasteiger partial charge in [0.2, 0.25) is 0 Å². The molecule has 12 N–H and O–H groups in total. The van der Waals surface area contributed by atoms with E-state index < -0.39 is 100 Å². The molecule has 222 valence electrons. The first-order valence-corrected chi connectivity index (χ1v) is 11.9. The molecule has 0 aromatic heterocycles. The van der Waals surface area contributed by atoms with Gasteiger partial charge < -0.3 is 80.2 Å². The molecule has 2 aliphatic heterocycles. The van der Waals surface area contributed by atoms with E-state index in [-0.39, 0.29) is 13.2 Å². The maximum atomic E-state index is 9.94. The summed E-state index contributed by atoms with van der Waals surface area (Å²) in [5.41, 5.74) is 0. The van der Waals surface area contributed by atoms with Crippen molar-refractivity contribution in [3.63, 3.8) is 0 Å². The predicted molar refractivity (Wildman–Crippen MR) is 119 cm³/mol. The highest BCUT2D eigenvalue weighted by molar-refractivity contribution is 4.90. The minimum Gasteiger partial charge on any atom is -0.396 e. The first-order valence-electron chi connectivity index (χ1n) is 11.9. The van der Waals surface area contributed by atoms with Gasteiger partial charge in [-0.3, -0.25) is 0 Å². The van der Waals surface area contributed by atoms with Crippen LogP contribution in [-0.2, 0) is 18.9 Å². The summed E-state index contributed by atoms with van der Waals surface area (Å²) in [6, 6.07) is 0. The van der Waals surface area contributed by atoms with E-state index >= 15 is 0 Å². The van der Waals surface area contributed by atoms with Gasteiger partial charge in [0.15, 0.2) is 12.6 Å². The Morgan fingerprint density at radius 2 is 1.14 bits per heavy atom. The van der Waals surface area contributed by atoms with Gasteiger partial charge in [0, 0.05) is 6.61 Å². The Hall–Kier alpha value is -0.640. The third-order valence-corrected chi connectivity index (χ3v) is 5.83. The van der Waals surface area contributed by atoms with Crippen molar-refractivity contribution in [2.24, 2.45) is 0 Å². The maximum absolute atomic E-state index is 9.94. The Bertz CT molecular complexity index is 583. The molecule has 0 aliphatic carbocycles. The van der Waals surface area contributed by atoms with Crippen LogP contribution in [-0.4, -0.2) is 175 Å². The van der Waals surface area contributed by atoms with Crippen LogP contribution in [0, 0.1) is 0 Å². The van der Waals surface area contributed by atoms with Gasteiger partial charge in [-0.25, -0.2) is 0 Å². The van der Waals surface area contributed by atoms with E-state index in [4.69, 9.17) is 44.5 Å². The van der Waals surface area contributed by atoms with Gasteiger partial charge in [-0.15, -0.1) is 0 Å². The molecule has 16 nitrogen and oxygen atoms in total. The van der Waals surface area contributed by atoms with Gasteiger partial charge >= 0.3 is 0 Å². The number of hydrogen-bond acceptors (Lipinski definition) is 16. The fourth-order valence-corrected chi connectivity index (χ4v) is 3.49. The third-order valence-electron chi connectivity index (χ3n) is 5.83. The SMILES string of the molecule is OCC(COC1O[C@H](CO)[C@@H](O)[C@H](O)[C@H]1O)OC1O[C@H](CO)[C@@H](O)[C@H](O)[C@H]1O.OCCCCC(O)CO. The lowest BCUT2D eigenvalue weighted by Gasteiger charge is -2.41. The van der Waals surface area contributed by atoms with Crippen molar-refractivity contribution in [1.29, 1.82) is 0 Å². The molecule has 0 spiro atoms. The van der Waals surface area contributed by atoms with E-state index in [1.54, 1.807) is 0 Å². The summed E-state index contributed by atoms with van der Waals surface area (Å²) in [7, 11) is 0. The maximum Gasteiger partial charge on any atom is 0.187 e. The van der Waals surface area contributed by atoms with Crippen molar-refractivity contribution in [3.05, 3.63) is 0 Å². The molecule has 0 amide bonds. The lowest BCUT2D eigenvalue weighted by Crippen LogP contribution is -2.60. The molecule has 16 heteroatoms. The van der Waals surface area contributed by atoms with Crippen LogP contribution in [0.4, 0.5) is 0 Å². The number of rotatable bonds is 13. The molecular formula is C21H42O16. The van der Waals surface area contributed by atoms with Crippen molar-refractivity contribution in [2.75, 3.05) is 39.6 Å². The second-order valence-electron chi connectivity index (χ2n) is 8.72. The van der Waals surface area contributed by atoms with Crippen LogP contribution in [0.15, 0.2) is 0 Å². The second-order valence-corrected chi connectivity index (χ2v) is 8.72. The van der Waals surface area contributed by atoms with Crippen LogP contribution in [0.2, 0.25) is 0 Å². The lowest BCUT2D eigenvalue weighted by molar-refractivity contribution is -0.330. The zero-order chi connectivity index (χ0) is 28.1. The summed E-state index contributed by atoms with van der Waals surface area (Å²) in [4.78, 5) is 0. The third kappa shape index (κ3) is 10.5. The van der Waals surface area contributed by atoms with E-state index in [0.29, 0.717) is 12.8 Å². The summed E-state index contributed by atoms with van der Waals surface area (Å²) in [5, 5.41) is 112. The summed E-state index contributed by atoms with van der Waals surface area (Å²) in [6.07, 6.45) is -14.8. The van der Waals surface area contributed by atoms with Crippen molar-refractivity contribution < 1.29 is 80.2 Å². The van der Waals surface area contributed by atoms with Crippen LogP contribution in [0.25, 0.3) is 0 Å². The van der Waals surface area contributed by atoms with Crippen molar-refractivity contribution in [1.82, 2.24) is 0 Å². The zero-order valence-electron chi connectivity index (χ0n) is 20.3. The van der Waals surface area contributed by atoms with E-state index in [2.05, 4.69) is 0 Å². The normalized spacial score (nSPS) is 37.9. The monoisotopic (exact) mass is 550 g/mol. The van der Waals surface area contributed by atoms with Crippen LogP contribution in [0.3, 0.4) is 0 Å². The summed E-state index contributed by atoms with van der Waals surface area (Å²) >= 11 is 0. The fraction of sp³-hybridized carbons (Fsp3) is 1.00. The molecule has 2 aliphatic rings. The van der Waals surface area contributed by atoms with Gasteiger partial charge in [-0.05, 0) is 19.3 Å². The highest BCUT2D eigenvalue weighted by Gasteiger charge is 2.46. The van der Waals surface area contributed by atoms with E-state index in [9.17, 15) is 35.7 Å². The fourth-order valence-electron chi connectivity index (χ4n) is 3.49. The first kappa shape index (κ1) is 34.4. The molecule has 0 bridgehead atoms. The molecule has 2 rings (SSSR count). The summed E-state index contributed by atoms with van der Waals surface area (Å²) in [6.45, 7) is -2.39. The zero-order valence-corrected chi connectivity index (χ0v) is 20.3. The molecule has 0 aromatic rings. The van der Waals surface area contributed by atoms with Gasteiger partial charge in [0.25, 0.3) is 0 Å². The molecule has 12 atom stereocenters. The summed E-state index contributed by atoms with van der Waals surface area (Å²) < 4.78 is 20.8. The molecule has 2 fully saturated rings. The summed E-state index contributed by atoms with van der Waals surface area (Å²) in [5.74, 6) is 0. The second kappa shape index (κ2) is 17.9. The number of aliphatic hydroxyl groups excluding tert-OH is 12. The Morgan fingerprint density at radius 1 is 0.622 bits per heavy atom. The Morgan fingerprint density at radius 3 is 1.59 bits per heavy atom. The molecule has 0 radical (unpaired) electrons. The lowest BCUT2D eigenvalue weighted by atomic mass is 9.99. The number of hydrogen-bond donors (Lipinski definition) is 12. The quantitative estimate of drug-likeness (QED) is 0.0949. The van der Waals surface area contributed by atoms with Crippen molar-refractivity contribution in [2.45, 2.75) is 92.9 Å². The molecular weight excluding hydrogens is 508 g/mol. The van der Waals surface area contributed by atoms with Gasteiger partial charge in [-0.1, -0.05) is 0 Å². The number of aliphatic hydroxyl groups is 12. The van der Waals surface area contributed by atoms with Crippen LogP contribution >= 0.6 is 0 Å². The molecule has 0 saturated carbocycles. The van der Waals surface area contributed by atoms with Crippen molar-refractivity contribution in [3.8, 4) is 0 Å². The molecule has 37 heavy (non-hydrogen) atoms. The number of ether oxygens (including phenoxy) is 4. The smallest absolute Gasteiger partial charge is 0.187 e. The predicted octanol–water partition coefficient (Wildman–Crippen LogP) is -6.52. The van der Waals surface area contributed by atoms with E-state index in [0.717, 1.165) is 6.42 Å². The minimum atomic E-state index is -1.68. The average molecular weight is 551 g/mol. The Balaban J connectivity index is 0.000000649. The highest BCUT2D eigenvalue weighted by atomic mass is 16.7. The molecule has 2 saturated heterocycles. The van der Waals surface area contributed by atoms with Crippen LogP contribution < -0.4 is 0 Å². The Labute approximate surface area is 213 Å². The van der Waals surface area contributed by atoms with Gasteiger partial charge in [-0.2, -0.15) is 0 Å². The molecule has 2 heterocycles. The van der Waals surface area contributed by atoms with Crippen LogP contribution in [0.1, 0.15) is 19.3 Å². The largest absolute Gasteiger partial charge is 0.396 e. The Kier molecular flexibility index (Phi) is 16.6. The first-order chi connectivity index (χ1) is 17.6. The molecule has 0 aromatic carbocycles. The topological polar surface area (TPSA) is 280 Å². The van der Waals surface area contributed by atoms with Crippen LogP contribution in [0.5, 0.6) is 0 Å². The minimum absolute atomic E-state index is 0.165. The van der Waals surface area contributed by atoms with Gasteiger partial charge in [0.1, 0.15) is 54.9 Å². The highest BCUT2D eigenvalue weighted by Crippen LogP contribution is 2.25. The van der Waals surface area contributed by atoms with E-state index in [1.807, 2.05) is 0 Å². The average Bonchev–Trinajstić information content (AvgIpc) is 2.90. The van der Waals surface area contributed by atoms with Crippen molar-refractivity contribution >= 4 is 0 Å². The standard InChI is InChI=1S/C15H28O13.C6H14O3/c16-1-5(26-15-13(24)11(22)9(20)7(3-18)28-15)4-25-14-12(23)10(21)8(19)6(2-17)27-14;7-4-2-1-3-6(9)5-8/h5-24H,1-4H2;6-9H,1-5H2/t5?,6-,7-,8-,9-,10+,11+,12-,13-,14?,15?;/m1./s1. The van der Waals surface area contributed by atoms with E-state index in [1.165, 1.54) is 0 Å². The molecule has 4 unspecified atom stereocenters.